The molecule has 1 aromatic carbocycles. The van der Waals surface area contributed by atoms with Crippen molar-refractivity contribution in [2.24, 2.45) is 0 Å². The van der Waals surface area contributed by atoms with Gasteiger partial charge in [-0.15, -0.1) is 0 Å². The van der Waals surface area contributed by atoms with Crippen molar-refractivity contribution in [2.75, 3.05) is 5.32 Å². The zero-order valence-electron chi connectivity index (χ0n) is 8.39. The third-order valence-corrected chi connectivity index (χ3v) is 2.44. The van der Waals surface area contributed by atoms with Crippen LogP contribution in [0.5, 0.6) is 0 Å². The molecular formula is C11H16ClN. The van der Waals surface area contributed by atoms with E-state index in [2.05, 4.69) is 26.1 Å². The molecule has 1 rings (SSSR count). The van der Waals surface area contributed by atoms with Crippen LogP contribution in [0.15, 0.2) is 18.2 Å². The van der Waals surface area contributed by atoms with Crippen molar-refractivity contribution < 1.29 is 0 Å². The van der Waals surface area contributed by atoms with Gasteiger partial charge in [-0.3, -0.25) is 0 Å². The predicted octanol–water partition coefficient (Wildman–Crippen LogP) is 3.86. The van der Waals surface area contributed by atoms with Crippen molar-refractivity contribution in [3.8, 4) is 0 Å². The molecule has 0 saturated heterocycles. The topological polar surface area (TPSA) is 12.0 Å². The Morgan fingerprint density at radius 2 is 2.15 bits per heavy atom. The van der Waals surface area contributed by atoms with Crippen LogP contribution >= 0.6 is 11.6 Å². The van der Waals surface area contributed by atoms with E-state index in [0.29, 0.717) is 6.04 Å². The fraction of sp³-hybridized carbons (Fsp3) is 0.455. The van der Waals surface area contributed by atoms with Gasteiger partial charge < -0.3 is 5.32 Å². The van der Waals surface area contributed by atoms with E-state index in [-0.39, 0.29) is 0 Å². The van der Waals surface area contributed by atoms with Gasteiger partial charge in [0.2, 0.25) is 0 Å². The van der Waals surface area contributed by atoms with Gasteiger partial charge in [0.15, 0.2) is 0 Å². The van der Waals surface area contributed by atoms with Crippen molar-refractivity contribution in [3.63, 3.8) is 0 Å². The van der Waals surface area contributed by atoms with Crippen molar-refractivity contribution in [1.29, 1.82) is 0 Å². The number of nitrogens with one attached hydrogen (secondary N) is 1. The molecule has 1 unspecified atom stereocenters. The molecule has 13 heavy (non-hydrogen) atoms. The van der Waals surface area contributed by atoms with Crippen LogP contribution in [0.4, 0.5) is 5.69 Å². The van der Waals surface area contributed by atoms with E-state index in [1.54, 1.807) is 0 Å². The standard InChI is InChI=1S/C11H16ClN/c1-4-9(3)13-11-6-5-10(12)7-8(11)2/h5-7,9,13H,4H2,1-3H3. The smallest absolute Gasteiger partial charge is 0.0410 e. The molecule has 0 spiro atoms. The summed E-state index contributed by atoms with van der Waals surface area (Å²) in [6, 6.07) is 6.44. The van der Waals surface area contributed by atoms with Gasteiger partial charge in [-0.05, 0) is 44.0 Å². The average Bonchev–Trinajstić information content (AvgIpc) is 2.09. The van der Waals surface area contributed by atoms with E-state index in [1.807, 2.05) is 18.2 Å². The third-order valence-electron chi connectivity index (χ3n) is 2.20. The van der Waals surface area contributed by atoms with Gasteiger partial charge in [0.05, 0.1) is 0 Å². The highest BCUT2D eigenvalue weighted by molar-refractivity contribution is 6.30. The van der Waals surface area contributed by atoms with Gasteiger partial charge >= 0.3 is 0 Å². The number of hydrogen-bond acceptors (Lipinski definition) is 1. The molecule has 0 fully saturated rings. The first-order chi connectivity index (χ1) is 6.13. The van der Waals surface area contributed by atoms with E-state index in [4.69, 9.17) is 11.6 Å². The summed E-state index contributed by atoms with van der Waals surface area (Å²) in [5.41, 5.74) is 2.38. The molecule has 1 atom stereocenters. The molecule has 1 aromatic rings. The number of hydrogen-bond donors (Lipinski definition) is 1. The van der Waals surface area contributed by atoms with Gasteiger partial charge in [0.1, 0.15) is 0 Å². The molecule has 1 N–H and O–H groups in total. The van der Waals surface area contributed by atoms with Crippen LogP contribution in [-0.2, 0) is 0 Å². The zero-order valence-corrected chi connectivity index (χ0v) is 9.15. The molecule has 0 heterocycles. The fourth-order valence-corrected chi connectivity index (χ4v) is 1.38. The van der Waals surface area contributed by atoms with Gasteiger partial charge in [-0.2, -0.15) is 0 Å². The molecule has 0 radical (unpaired) electrons. The Morgan fingerprint density at radius 3 is 2.69 bits per heavy atom. The Kier molecular flexibility index (Phi) is 3.61. The van der Waals surface area contributed by atoms with Crippen LogP contribution in [0.25, 0.3) is 0 Å². The lowest BCUT2D eigenvalue weighted by molar-refractivity contribution is 0.763. The van der Waals surface area contributed by atoms with Gasteiger partial charge in [0, 0.05) is 16.8 Å². The molecule has 1 nitrogen and oxygen atoms in total. The summed E-state index contributed by atoms with van der Waals surface area (Å²) in [4.78, 5) is 0. The molecule has 0 aromatic heterocycles. The minimum Gasteiger partial charge on any atom is -0.382 e. The maximum Gasteiger partial charge on any atom is 0.0410 e. The molecule has 0 aliphatic carbocycles. The van der Waals surface area contributed by atoms with Crippen molar-refractivity contribution >= 4 is 17.3 Å². The minimum atomic E-state index is 0.514. The summed E-state index contributed by atoms with van der Waals surface area (Å²) >= 11 is 5.86. The van der Waals surface area contributed by atoms with Crippen LogP contribution in [0.3, 0.4) is 0 Å². The van der Waals surface area contributed by atoms with Crippen molar-refractivity contribution in [2.45, 2.75) is 33.2 Å². The zero-order chi connectivity index (χ0) is 9.84. The Balaban J connectivity index is 2.77. The lowest BCUT2D eigenvalue weighted by atomic mass is 10.1. The van der Waals surface area contributed by atoms with E-state index < -0.39 is 0 Å². The molecule has 72 valence electrons. The first kappa shape index (κ1) is 10.4. The highest BCUT2D eigenvalue weighted by Gasteiger charge is 2.01. The summed E-state index contributed by atoms with van der Waals surface area (Å²) in [6.07, 6.45) is 1.13. The Bertz CT molecular complexity index is 283. The maximum atomic E-state index is 5.86. The van der Waals surface area contributed by atoms with Gasteiger partial charge in [-0.1, -0.05) is 18.5 Å². The minimum absolute atomic E-state index is 0.514. The van der Waals surface area contributed by atoms with Gasteiger partial charge in [-0.25, -0.2) is 0 Å². The van der Waals surface area contributed by atoms with E-state index in [1.165, 1.54) is 11.3 Å². The summed E-state index contributed by atoms with van der Waals surface area (Å²) in [5.74, 6) is 0. The summed E-state index contributed by atoms with van der Waals surface area (Å²) < 4.78 is 0. The number of halogens is 1. The average molecular weight is 198 g/mol. The fourth-order valence-electron chi connectivity index (χ4n) is 1.16. The second-order valence-electron chi connectivity index (χ2n) is 3.41. The number of benzene rings is 1. The van der Waals surface area contributed by atoms with E-state index in [9.17, 15) is 0 Å². The molecule has 0 saturated carbocycles. The Morgan fingerprint density at radius 1 is 1.46 bits per heavy atom. The predicted molar refractivity (Wildman–Crippen MR) is 59.6 cm³/mol. The number of aryl methyl sites for hydroxylation is 1. The highest BCUT2D eigenvalue weighted by Crippen LogP contribution is 2.20. The summed E-state index contributed by atoms with van der Waals surface area (Å²) in [7, 11) is 0. The lowest BCUT2D eigenvalue weighted by Gasteiger charge is -2.15. The van der Waals surface area contributed by atoms with Crippen LogP contribution in [0.1, 0.15) is 25.8 Å². The van der Waals surface area contributed by atoms with Crippen molar-refractivity contribution in [1.82, 2.24) is 0 Å². The first-order valence-electron chi connectivity index (χ1n) is 4.66. The molecule has 0 aliphatic heterocycles. The third kappa shape index (κ3) is 2.92. The quantitative estimate of drug-likeness (QED) is 0.776. The summed E-state index contributed by atoms with van der Waals surface area (Å²) in [5, 5.41) is 4.23. The SMILES string of the molecule is CCC(C)Nc1ccc(Cl)cc1C. The monoisotopic (exact) mass is 197 g/mol. The number of rotatable bonds is 3. The van der Waals surface area contributed by atoms with Gasteiger partial charge in [0.25, 0.3) is 0 Å². The van der Waals surface area contributed by atoms with Crippen LogP contribution in [-0.4, -0.2) is 6.04 Å². The van der Waals surface area contributed by atoms with Crippen LogP contribution in [0.2, 0.25) is 5.02 Å². The molecular weight excluding hydrogens is 182 g/mol. The highest BCUT2D eigenvalue weighted by atomic mass is 35.5. The Hall–Kier alpha value is -0.690. The number of anilines is 1. The molecule has 2 heteroatoms. The largest absolute Gasteiger partial charge is 0.382 e. The maximum absolute atomic E-state index is 5.86. The first-order valence-corrected chi connectivity index (χ1v) is 5.04. The van der Waals surface area contributed by atoms with E-state index in [0.717, 1.165) is 11.4 Å². The second-order valence-corrected chi connectivity index (χ2v) is 3.85. The second kappa shape index (κ2) is 4.52. The van der Waals surface area contributed by atoms with Crippen LogP contribution < -0.4 is 5.32 Å². The van der Waals surface area contributed by atoms with Crippen molar-refractivity contribution in [3.05, 3.63) is 28.8 Å². The van der Waals surface area contributed by atoms with Crippen LogP contribution in [0, 0.1) is 6.92 Å². The Labute approximate surface area is 85.1 Å². The molecule has 0 bridgehead atoms. The lowest BCUT2D eigenvalue weighted by Crippen LogP contribution is -2.13. The molecule has 0 amide bonds. The van der Waals surface area contributed by atoms with E-state index >= 15 is 0 Å². The molecule has 0 aliphatic rings. The summed E-state index contributed by atoms with van der Waals surface area (Å²) in [6.45, 7) is 6.41. The normalized spacial score (nSPS) is 12.6.